The first kappa shape index (κ1) is 12.6. The third kappa shape index (κ3) is 1.80. The molecule has 0 aromatic heterocycles. The van der Waals surface area contributed by atoms with E-state index in [9.17, 15) is 22.1 Å². The number of nitriles is 1. The minimum Gasteiger partial charge on any atom is -0.321 e. The smallest absolute Gasteiger partial charge is 0.321 e. The molecule has 0 aliphatic carbocycles. The van der Waals surface area contributed by atoms with Gasteiger partial charge in [0.1, 0.15) is 16.9 Å². The number of nitrogens with zero attached hydrogens (tertiary/aromatic N) is 1. The molecule has 9 heteroatoms. The Bertz CT molecular complexity index is 519. The Morgan fingerprint density at radius 1 is 1.00 bits per heavy atom. The normalized spacial score (nSPS) is 11.3. The van der Waals surface area contributed by atoms with Crippen LogP contribution in [0.25, 0.3) is 0 Å². The Kier molecular flexibility index (Phi) is 3.06. The summed E-state index contributed by atoms with van der Waals surface area (Å²) in [5.41, 5.74) is -1.58. The van der Waals surface area contributed by atoms with Crippen molar-refractivity contribution in [3.05, 3.63) is 28.8 Å². The molecule has 0 fully saturated rings. The van der Waals surface area contributed by atoms with Gasteiger partial charge in [-0.25, -0.2) is 17.6 Å². The molecule has 0 heterocycles. The molecule has 4 nitrogen and oxygen atoms in total. The average Bonchev–Trinajstić information content (AvgIpc) is 2.14. The molecule has 0 saturated heterocycles. The van der Waals surface area contributed by atoms with Crippen LogP contribution in [0.15, 0.2) is 0 Å². The highest BCUT2D eigenvalue weighted by molar-refractivity contribution is 7.60. The lowest BCUT2D eigenvalue weighted by Gasteiger charge is -2.09. The number of benzene rings is 1. The van der Waals surface area contributed by atoms with Crippen LogP contribution in [-0.2, 0) is 4.57 Å². The van der Waals surface area contributed by atoms with Crippen molar-refractivity contribution in [3.8, 4) is 6.07 Å². The van der Waals surface area contributed by atoms with E-state index in [1.165, 1.54) is 0 Å². The lowest BCUT2D eigenvalue weighted by Crippen LogP contribution is -2.20. The Hall–Kier alpha value is -1.42. The zero-order valence-electron chi connectivity index (χ0n) is 7.21. The maximum Gasteiger partial charge on any atom is 0.362 e. The summed E-state index contributed by atoms with van der Waals surface area (Å²) in [6, 6.07) is 0.841. The van der Waals surface area contributed by atoms with Crippen molar-refractivity contribution in [3.63, 3.8) is 0 Å². The summed E-state index contributed by atoms with van der Waals surface area (Å²) in [5.74, 6) is -8.83. The van der Waals surface area contributed by atoms with Gasteiger partial charge in [0.25, 0.3) is 0 Å². The van der Waals surface area contributed by atoms with E-state index in [1.54, 1.807) is 0 Å². The van der Waals surface area contributed by atoms with Gasteiger partial charge in [0.15, 0.2) is 23.3 Å². The first-order chi connectivity index (χ1) is 7.21. The van der Waals surface area contributed by atoms with E-state index in [4.69, 9.17) is 15.0 Å². The fourth-order valence-electron chi connectivity index (χ4n) is 0.974. The standard InChI is InChI=1S/C7H2F4NO3P/c8-3-2(1-12)4(9)6(11)7(5(3)10)16(13,14)15/h(H2,13,14,15). The van der Waals surface area contributed by atoms with Gasteiger partial charge in [-0.2, -0.15) is 5.26 Å². The number of halogens is 4. The second-order valence-corrected chi connectivity index (χ2v) is 4.17. The van der Waals surface area contributed by atoms with Crippen LogP contribution in [0.1, 0.15) is 5.56 Å². The van der Waals surface area contributed by atoms with Crippen LogP contribution < -0.4 is 5.30 Å². The predicted molar refractivity (Wildman–Crippen MR) is 42.7 cm³/mol. The van der Waals surface area contributed by atoms with Crippen molar-refractivity contribution in [2.45, 2.75) is 0 Å². The molecule has 0 aliphatic rings. The molecule has 0 radical (unpaired) electrons. The van der Waals surface area contributed by atoms with Crippen molar-refractivity contribution in [2.24, 2.45) is 0 Å². The molecule has 0 unspecified atom stereocenters. The number of rotatable bonds is 1. The molecular weight excluding hydrogens is 253 g/mol. The minimum atomic E-state index is -5.52. The van der Waals surface area contributed by atoms with Gasteiger partial charge in [-0.3, -0.25) is 4.57 Å². The topological polar surface area (TPSA) is 81.3 Å². The first-order valence-electron chi connectivity index (χ1n) is 3.54. The van der Waals surface area contributed by atoms with Crippen molar-refractivity contribution >= 4 is 12.9 Å². The van der Waals surface area contributed by atoms with Gasteiger partial charge < -0.3 is 9.79 Å². The summed E-state index contributed by atoms with van der Waals surface area (Å²) in [7, 11) is -5.52. The lowest BCUT2D eigenvalue weighted by molar-refractivity contribution is 0.378. The van der Waals surface area contributed by atoms with Crippen LogP contribution in [0, 0.1) is 34.6 Å². The van der Waals surface area contributed by atoms with E-state index in [1.807, 2.05) is 0 Å². The third-order valence-electron chi connectivity index (χ3n) is 1.64. The largest absolute Gasteiger partial charge is 0.362 e. The van der Waals surface area contributed by atoms with Gasteiger partial charge in [0.05, 0.1) is 0 Å². The molecule has 0 saturated carbocycles. The number of hydrogen-bond acceptors (Lipinski definition) is 2. The van der Waals surface area contributed by atoms with E-state index in [0.29, 0.717) is 0 Å². The summed E-state index contributed by atoms with van der Waals surface area (Å²) in [6.07, 6.45) is 0. The van der Waals surface area contributed by atoms with Crippen LogP contribution in [0.2, 0.25) is 0 Å². The van der Waals surface area contributed by atoms with Crippen LogP contribution in [0.4, 0.5) is 17.6 Å². The highest BCUT2D eigenvalue weighted by atomic mass is 31.2. The SMILES string of the molecule is N#Cc1c(F)c(F)c(P(=O)(O)O)c(F)c1F. The van der Waals surface area contributed by atoms with E-state index in [-0.39, 0.29) is 0 Å². The van der Waals surface area contributed by atoms with Gasteiger partial charge in [-0.1, -0.05) is 0 Å². The molecule has 86 valence electrons. The molecule has 0 atom stereocenters. The van der Waals surface area contributed by atoms with Crippen molar-refractivity contribution in [1.82, 2.24) is 0 Å². The van der Waals surface area contributed by atoms with Gasteiger partial charge in [-0.15, -0.1) is 0 Å². The van der Waals surface area contributed by atoms with Crippen molar-refractivity contribution < 1.29 is 31.9 Å². The molecule has 0 spiro atoms. The monoisotopic (exact) mass is 255 g/mol. The van der Waals surface area contributed by atoms with E-state index in [0.717, 1.165) is 6.07 Å². The Balaban J connectivity index is 3.84. The summed E-state index contributed by atoms with van der Waals surface area (Å²) in [6.45, 7) is 0. The summed E-state index contributed by atoms with van der Waals surface area (Å²) >= 11 is 0. The van der Waals surface area contributed by atoms with Gasteiger partial charge >= 0.3 is 7.60 Å². The Labute approximate surface area is 85.9 Å². The highest BCUT2D eigenvalue weighted by Crippen LogP contribution is 2.37. The fourth-order valence-corrected chi connectivity index (χ4v) is 1.68. The molecule has 1 aromatic rings. The zero-order chi connectivity index (χ0) is 12.7. The van der Waals surface area contributed by atoms with Crippen LogP contribution in [0.5, 0.6) is 0 Å². The summed E-state index contributed by atoms with van der Waals surface area (Å²) < 4.78 is 62.3. The van der Waals surface area contributed by atoms with Gasteiger partial charge in [0.2, 0.25) is 0 Å². The maximum atomic E-state index is 13.0. The minimum absolute atomic E-state index is 0.841. The van der Waals surface area contributed by atoms with Crippen LogP contribution in [-0.4, -0.2) is 9.79 Å². The number of hydrogen-bond donors (Lipinski definition) is 2. The van der Waals surface area contributed by atoms with Crippen molar-refractivity contribution in [2.75, 3.05) is 0 Å². The predicted octanol–water partition coefficient (Wildman–Crippen LogP) is 0.918. The molecule has 0 aliphatic heterocycles. The van der Waals surface area contributed by atoms with Crippen LogP contribution >= 0.6 is 7.60 Å². The molecule has 2 N–H and O–H groups in total. The Morgan fingerprint density at radius 3 is 1.62 bits per heavy atom. The van der Waals surface area contributed by atoms with E-state index < -0.39 is 41.7 Å². The average molecular weight is 255 g/mol. The molecule has 0 bridgehead atoms. The molecule has 1 aromatic carbocycles. The van der Waals surface area contributed by atoms with Gasteiger partial charge in [0, 0.05) is 0 Å². The second kappa shape index (κ2) is 3.87. The van der Waals surface area contributed by atoms with Crippen molar-refractivity contribution in [1.29, 1.82) is 5.26 Å². The lowest BCUT2D eigenvalue weighted by atomic mass is 10.2. The summed E-state index contributed by atoms with van der Waals surface area (Å²) in [4.78, 5) is 17.0. The quantitative estimate of drug-likeness (QED) is 0.444. The molecule has 0 amide bonds. The summed E-state index contributed by atoms with van der Waals surface area (Å²) in [5, 5.41) is 6.16. The van der Waals surface area contributed by atoms with Crippen LogP contribution in [0.3, 0.4) is 0 Å². The third-order valence-corrected chi connectivity index (χ3v) is 2.62. The first-order valence-corrected chi connectivity index (χ1v) is 5.15. The highest BCUT2D eigenvalue weighted by Gasteiger charge is 2.34. The second-order valence-electron chi connectivity index (χ2n) is 2.64. The zero-order valence-corrected chi connectivity index (χ0v) is 8.10. The molecule has 1 rings (SSSR count). The fraction of sp³-hybridized carbons (Fsp3) is 0. The van der Waals surface area contributed by atoms with E-state index in [2.05, 4.69) is 0 Å². The molecule has 16 heavy (non-hydrogen) atoms. The molecular formula is C7H2F4NO3P. The van der Waals surface area contributed by atoms with E-state index >= 15 is 0 Å². The Morgan fingerprint density at radius 2 is 1.38 bits per heavy atom. The maximum absolute atomic E-state index is 13.0. The van der Waals surface area contributed by atoms with Gasteiger partial charge in [-0.05, 0) is 0 Å².